The van der Waals surface area contributed by atoms with Gasteiger partial charge in [-0.05, 0) is 6.92 Å². The lowest BCUT2D eigenvalue weighted by Gasteiger charge is -2.37. The molecule has 4 nitrogen and oxygen atoms in total. The molecular formula is C8H14F3N3O. The zero-order valence-electron chi connectivity index (χ0n) is 8.42. The van der Waals surface area contributed by atoms with Crippen molar-refractivity contribution in [1.82, 2.24) is 9.80 Å². The number of primary amides is 1. The first-order valence-corrected chi connectivity index (χ1v) is 4.67. The summed E-state index contributed by atoms with van der Waals surface area (Å²) in [6.45, 7) is 2.07. The lowest BCUT2D eigenvalue weighted by molar-refractivity contribution is -0.181. The lowest BCUT2D eigenvalue weighted by atomic mass is 10.2. The Balaban J connectivity index is 2.47. The van der Waals surface area contributed by atoms with Gasteiger partial charge in [0.05, 0.1) is 0 Å². The first-order chi connectivity index (χ1) is 6.82. The van der Waals surface area contributed by atoms with Gasteiger partial charge in [-0.3, -0.25) is 4.90 Å². The van der Waals surface area contributed by atoms with Gasteiger partial charge in [-0.1, -0.05) is 0 Å². The van der Waals surface area contributed by atoms with E-state index < -0.39 is 18.2 Å². The SMILES string of the molecule is CC(N1CCN(C(N)=O)CC1)C(F)(F)F. The highest BCUT2D eigenvalue weighted by Gasteiger charge is 2.40. The molecule has 0 aromatic carbocycles. The van der Waals surface area contributed by atoms with Gasteiger partial charge in [-0.25, -0.2) is 4.79 Å². The molecule has 0 aromatic heterocycles. The quantitative estimate of drug-likeness (QED) is 0.711. The molecule has 0 spiro atoms. The molecule has 0 bridgehead atoms. The van der Waals surface area contributed by atoms with Crippen LogP contribution in [0.25, 0.3) is 0 Å². The molecule has 7 heteroatoms. The van der Waals surface area contributed by atoms with E-state index in [0.29, 0.717) is 0 Å². The van der Waals surface area contributed by atoms with Crippen molar-refractivity contribution in [3.8, 4) is 0 Å². The largest absolute Gasteiger partial charge is 0.403 e. The van der Waals surface area contributed by atoms with Crippen LogP contribution in [-0.2, 0) is 0 Å². The average Bonchev–Trinajstić information content (AvgIpc) is 2.15. The maximum Gasteiger partial charge on any atom is 0.403 e. The molecule has 2 N–H and O–H groups in total. The van der Waals surface area contributed by atoms with Crippen LogP contribution in [-0.4, -0.2) is 54.2 Å². The van der Waals surface area contributed by atoms with Gasteiger partial charge in [0, 0.05) is 26.2 Å². The predicted molar refractivity (Wildman–Crippen MR) is 48.2 cm³/mol. The van der Waals surface area contributed by atoms with Gasteiger partial charge >= 0.3 is 12.2 Å². The molecule has 1 aliphatic heterocycles. The molecule has 1 saturated heterocycles. The maximum absolute atomic E-state index is 12.3. The molecule has 0 radical (unpaired) electrons. The van der Waals surface area contributed by atoms with E-state index in [9.17, 15) is 18.0 Å². The molecule has 1 heterocycles. The highest BCUT2D eigenvalue weighted by atomic mass is 19.4. The lowest BCUT2D eigenvalue weighted by Crippen LogP contribution is -2.55. The van der Waals surface area contributed by atoms with Crippen molar-refractivity contribution < 1.29 is 18.0 Å². The third-order valence-electron chi connectivity index (χ3n) is 2.65. The van der Waals surface area contributed by atoms with Gasteiger partial charge in [-0.15, -0.1) is 0 Å². The minimum absolute atomic E-state index is 0.212. The van der Waals surface area contributed by atoms with Gasteiger partial charge < -0.3 is 10.6 Å². The van der Waals surface area contributed by atoms with Crippen molar-refractivity contribution in [2.75, 3.05) is 26.2 Å². The summed E-state index contributed by atoms with van der Waals surface area (Å²) in [4.78, 5) is 13.4. The third kappa shape index (κ3) is 2.98. The zero-order valence-corrected chi connectivity index (χ0v) is 8.42. The number of nitrogens with two attached hydrogens (primary N) is 1. The zero-order chi connectivity index (χ0) is 11.6. The number of alkyl halides is 3. The number of rotatable bonds is 1. The summed E-state index contributed by atoms with van der Waals surface area (Å²) in [6.07, 6.45) is -4.21. The molecule has 1 atom stereocenters. The first-order valence-electron chi connectivity index (χ1n) is 4.67. The molecule has 0 saturated carbocycles. The molecular weight excluding hydrogens is 211 g/mol. The van der Waals surface area contributed by atoms with Gasteiger partial charge in [0.15, 0.2) is 0 Å². The van der Waals surface area contributed by atoms with E-state index in [1.54, 1.807) is 0 Å². The van der Waals surface area contributed by atoms with Crippen LogP contribution in [0.5, 0.6) is 0 Å². The molecule has 1 rings (SSSR count). The number of halogens is 3. The van der Waals surface area contributed by atoms with Crippen LogP contribution in [0.4, 0.5) is 18.0 Å². The van der Waals surface area contributed by atoms with E-state index in [4.69, 9.17) is 5.73 Å². The average molecular weight is 225 g/mol. The number of nitrogens with zero attached hydrogens (tertiary/aromatic N) is 2. The van der Waals surface area contributed by atoms with Crippen LogP contribution in [0.3, 0.4) is 0 Å². The van der Waals surface area contributed by atoms with E-state index in [1.165, 1.54) is 9.80 Å². The maximum atomic E-state index is 12.3. The number of hydrogen-bond donors (Lipinski definition) is 1. The molecule has 1 unspecified atom stereocenters. The Morgan fingerprint density at radius 1 is 1.27 bits per heavy atom. The van der Waals surface area contributed by atoms with E-state index in [1.807, 2.05) is 0 Å². The standard InChI is InChI=1S/C8H14F3N3O/c1-6(8(9,10)11)13-2-4-14(5-3-13)7(12)15/h6H,2-5H2,1H3,(H2,12,15). The highest BCUT2D eigenvalue weighted by Crippen LogP contribution is 2.25. The summed E-state index contributed by atoms with van der Waals surface area (Å²) >= 11 is 0. The van der Waals surface area contributed by atoms with Crippen LogP contribution >= 0.6 is 0 Å². The number of amides is 2. The smallest absolute Gasteiger partial charge is 0.351 e. The summed E-state index contributed by atoms with van der Waals surface area (Å²) in [5.41, 5.74) is 5.02. The summed E-state index contributed by atoms with van der Waals surface area (Å²) in [6, 6.07) is -2.04. The number of hydrogen-bond acceptors (Lipinski definition) is 2. The molecule has 0 aliphatic carbocycles. The molecule has 88 valence electrons. The van der Waals surface area contributed by atoms with Crippen molar-refractivity contribution in [1.29, 1.82) is 0 Å². The fourth-order valence-corrected chi connectivity index (χ4v) is 1.54. The van der Waals surface area contributed by atoms with Crippen molar-refractivity contribution in [2.24, 2.45) is 5.73 Å². The second-order valence-electron chi connectivity index (χ2n) is 3.58. The van der Waals surface area contributed by atoms with Crippen molar-refractivity contribution >= 4 is 6.03 Å². The van der Waals surface area contributed by atoms with Gasteiger partial charge in [-0.2, -0.15) is 13.2 Å². The van der Waals surface area contributed by atoms with Crippen molar-refractivity contribution in [3.63, 3.8) is 0 Å². The van der Waals surface area contributed by atoms with Crippen molar-refractivity contribution in [3.05, 3.63) is 0 Å². The second kappa shape index (κ2) is 4.26. The molecule has 2 amide bonds. The fraction of sp³-hybridized carbons (Fsp3) is 0.875. The number of carbonyl (C=O) groups is 1. The van der Waals surface area contributed by atoms with Gasteiger partial charge in [0.1, 0.15) is 6.04 Å². The third-order valence-corrected chi connectivity index (χ3v) is 2.65. The summed E-state index contributed by atoms with van der Waals surface area (Å²) in [5.74, 6) is 0. The second-order valence-corrected chi connectivity index (χ2v) is 3.58. The van der Waals surface area contributed by atoms with Gasteiger partial charge in [0.25, 0.3) is 0 Å². The van der Waals surface area contributed by atoms with E-state index in [-0.39, 0.29) is 26.2 Å². The van der Waals surface area contributed by atoms with Crippen LogP contribution in [0.15, 0.2) is 0 Å². The predicted octanol–water partition coefficient (Wildman–Crippen LogP) is 0.634. The first kappa shape index (κ1) is 12.1. The molecule has 1 fully saturated rings. The monoisotopic (exact) mass is 225 g/mol. The van der Waals surface area contributed by atoms with Crippen molar-refractivity contribution in [2.45, 2.75) is 19.1 Å². The molecule has 0 aromatic rings. The highest BCUT2D eigenvalue weighted by molar-refractivity contribution is 5.72. The number of piperazine rings is 1. The Bertz CT molecular complexity index is 236. The van der Waals surface area contributed by atoms with E-state index >= 15 is 0 Å². The van der Waals surface area contributed by atoms with Crippen LogP contribution in [0.2, 0.25) is 0 Å². The van der Waals surface area contributed by atoms with E-state index in [0.717, 1.165) is 6.92 Å². The summed E-state index contributed by atoms with van der Waals surface area (Å²) in [7, 11) is 0. The molecule has 1 aliphatic rings. The Kier molecular flexibility index (Phi) is 3.43. The Hall–Kier alpha value is -0.980. The molecule has 15 heavy (non-hydrogen) atoms. The summed E-state index contributed by atoms with van der Waals surface area (Å²) < 4.78 is 37.0. The Labute approximate surface area is 85.8 Å². The van der Waals surface area contributed by atoms with E-state index in [2.05, 4.69) is 0 Å². The minimum atomic E-state index is -4.21. The van der Waals surface area contributed by atoms with Crippen LogP contribution < -0.4 is 5.73 Å². The Morgan fingerprint density at radius 3 is 2.07 bits per heavy atom. The Morgan fingerprint density at radius 2 is 1.73 bits per heavy atom. The normalized spacial score (nSPS) is 21.5. The summed E-state index contributed by atoms with van der Waals surface area (Å²) in [5, 5.41) is 0. The fourth-order valence-electron chi connectivity index (χ4n) is 1.54. The number of urea groups is 1. The topological polar surface area (TPSA) is 49.6 Å². The van der Waals surface area contributed by atoms with Crippen LogP contribution in [0.1, 0.15) is 6.92 Å². The minimum Gasteiger partial charge on any atom is -0.351 e. The van der Waals surface area contributed by atoms with Crippen LogP contribution in [0, 0.1) is 0 Å². The van der Waals surface area contributed by atoms with Gasteiger partial charge in [0.2, 0.25) is 0 Å². The number of carbonyl (C=O) groups excluding carboxylic acids is 1.